The summed E-state index contributed by atoms with van der Waals surface area (Å²) in [5.74, 6) is 0.507. The van der Waals surface area contributed by atoms with Crippen LogP contribution >= 0.6 is 39.1 Å². The van der Waals surface area contributed by atoms with Gasteiger partial charge < -0.3 is 4.57 Å². The normalized spacial score (nSPS) is 15.2. The average molecular weight is 334 g/mol. The van der Waals surface area contributed by atoms with Gasteiger partial charge in [0.1, 0.15) is 16.0 Å². The number of nitrogens with zero attached hydrogens (tertiary/aromatic N) is 4. The predicted octanol–water partition coefficient (Wildman–Crippen LogP) is 3.74. The van der Waals surface area contributed by atoms with Gasteiger partial charge in [0.05, 0.1) is 17.0 Å². The molecular weight excluding hydrogens is 327 g/mol. The fourth-order valence-electron chi connectivity index (χ4n) is 1.63. The number of aromatic nitrogens is 4. The Hall–Kier alpha value is -0.650. The third-order valence-corrected chi connectivity index (χ3v) is 4.36. The molecule has 1 aliphatic rings. The van der Waals surface area contributed by atoms with Crippen LogP contribution in [0.3, 0.4) is 0 Å². The molecule has 2 aromatic rings. The predicted molar refractivity (Wildman–Crippen MR) is 69.2 cm³/mol. The van der Waals surface area contributed by atoms with Crippen LogP contribution in [-0.4, -0.2) is 19.5 Å². The van der Waals surface area contributed by atoms with Gasteiger partial charge >= 0.3 is 0 Å². The van der Waals surface area contributed by atoms with Crippen molar-refractivity contribution in [2.45, 2.75) is 18.9 Å². The smallest absolute Gasteiger partial charge is 0.180 e. The standard InChI is InChI=1S/C10H7BrCl2N4/c11-7-8(12)15-10(16-9(7)13)6-3-14-4-17(6)5-1-2-5/h3-5H,1-2H2. The molecule has 88 valence electrons. The lowest BCUT2D eigenvalue weighted by Crippen LogP contribution is -1.99. The molecule has 7 heteroatoms. The monoisotopic (exact) mass is 332 g/mol. The fourth-order valence-corrected chi connectivity index (χ4v) is 2.20. The van der Waals surface area contributed by atoms with Crippen LogP contribution in [0.1, 0.15) is 18.9 Å². The van der Waals surface area contributed by atoms with Crippen molar-refractivity contribution in [2.75, 3.05) is 0 Å². The van der Waals surface area contributed by atoms with Gasteiger partial charge in [0.15, 0.2) is 5.82 Å². The molecule has 0 spiro atoms. The number of rotatable bonds is 2. The number of hydrogen-bond donors (Lipinski definition) is 0. The van der Waals surface area contributed by atoms with E-state index in [1.54, 1.807) is 12.5 Å². The van der Waals surface area contributed by atoms with E-state index in [9.17, 15) is 0 Å². The zero-order chi connectivity index (χ0) is 12.0. The Morgan fingerprint density at radius 3 is 2.47 bits per heavy atom. The lowest BCUT2D eigenvalue weighted by atomic mass is 10.4. The Bertz CT molecular complexity index is 556. The summed E-state index contributed by atoms with van der Waals surface area (Å²) in [6, 6.07) is 0.511. The van der Waals surface area contributed by atoms with Gasteiger partial charge in [0.2, 0.25) is 0 Å². The minimum atomic E-state index is 0.309. The minimum absolute atomic E-state index is 0.309. The largest absolute Gasteiger partial charge is 0.325 e. The minimum Gasteiger partial charge on any atom is -0.325 e. The first-order chi connectivity index (χ1) is 8.16. The van der Waals surface area contributed by atoms with E-state index in [0.717, 1.165) is 5.69 Å². The van der Waals surface area contributed by atoms with E-state index in [1.165, 1.54) is 12.8 Å². The second kappa shape index (κ2) is 4.23. The van der Waals surface area contributed by atoms with Gasteiger partial charge in [-0.25, -0.2) is 15.0 Å². The Balaban J connectivity index is 2.11. The number of hydrogen-bond acceptors (Lipinski definition) is 3. The van der Waals surface area contributed by atoms with Crippen molar-refractivity contribution >= 4 is 39.1 Å². The number of imidazole rings is 1. The third kappa shape index (κ3) is 2.07. The molecule has 1 fully saturated rings. The molecule has 0 N–H and O–H groups in total. The Morgan fingerprint density at radius 2 is 1.88 bits per heavy atom. The first-order valence-electron chi connectivity index (χ1n) is 5.07. The second-order valence-electron chi connectivity index (χ2n) is 3.86. The Kier molecular flexibility index (Phi) is 2.84. The first-order valence-corrected chi connectivity index (χ1v) is 6.62. The van der Waals surface area contributed by atoms with Crippen molar-refractivity contribution in [3.05, 3.63) is 27.3 Å². The molecule has 0 unspecified atom stereocenters. The van der Waals surface area contributed by atoms with Gasteiger partial charge in [-0.05, 0) is 28.8 Å². The molecule has 17 heavy (non-hydrogen) atoms. The summed E-state index contributed by atoms with van der Waals surface area (Å²) < 4.78 is 2.58. The molecule has 0 saturated heterocycles. The second-order valence-corrected chi connectivity index (χ2v) is 5.37. The lowest BCUT2D eigenvalue weighted by Gasteiger charge is -2.06. The van der Waals surface area contributed by atoms with Gasteiger partial charge in [-0.3, -0.25) is 0 Å². The van der Waals surface area contributed by atoms with Crippen LogP contribution in [0.4, 0.5) is 0 Å². The third-order valence-electron chi connectivity index (χ3n) is 2.61. The summed E-state index contributed by atoms with van der Waals surface area (Å²) in [4.78, 5) is 12.5. The molecule has 0 aliphatic heterocycles. The van der Waals surface area contributed by atoms with Crippen molar-refractivity contribution < 1.29 is 0 Å². The topological polar surface area (TPSA) is 43.6 Å². The highest BCUT2D eigenvalue weighted by molar-refractivity contribution is 9.10. The maximum Gasteiger partial charge on any atom is 0.180 e. The molecule has 0 amide bonds. The van der Waals surface area contributed by atoms with E-state index >= 15 is 0 Å². The molecule has 2 aromatic heterocycles. The molecule has 0 atom stereocenters. The van der Waals surface area contributed by atoms with Crippen LogP contribution in [-0.2, 0) is 0 Å². The van der Waals surface area contributed by atoms with E-state index in [-0.39, 0.29) is 0 Å². The molecule has 1 aliphatic carbocycles. The zero-order valence-electron chi connectivity index (χ0n) is 8.57. The highest BCUT2D eigenvalue weighted by Crippen LogP contribution is 2.38. The maximum atomic E-state index is 5.97. The molecule has 0 bridgehead atoms. The van der Waals surface area contributed by atoms with Crippen LogP contribution in [0.2, 0.25) is 10.3 Å². The van der Waals surface area contributed by atoms with Crippen molar-refractivity contribution in [2.24, 2.45) is 0 Å². The van der Waals surface area contributed by atoms with Gasteiger partial charge in [-0.15, -0.1) is 0 Å². The Labute approximate surface area is 116 Å². The quantitative estimate of drug-likeness (QED) is 0.786. The van der Waals surface area contributed by atoms with E-state index in [0.29, 0.717) is 26.6 Å². The van der Waals surface area contributed by atoms with Crippen LogP contribution in [0.5, 0.6) is 0 Å². The summed E-state index contributed by atoms with van der Waals surface area (Å²) in [7, 11) is 0. The number of halogens is 3. The molecule has 2 heterocycles. The van der Waals surface area contributed by atoms with Crippen molar-refractivity contribution in [3.8, 4) is 11.5 Å². The van der Waals surface area contributed by atoms with Crippen molar-refractivity contribution in [1.82, 2.24) is 19.5 Å². The van der Waals surface area contributed by atoms with E-state index in [1.807, 2.05) is 0 Å². The average Bonchev–Trinajstić information content (AvgIpc) is 3.03. The van der Waals surface area contributed by atoms with E-state index in [4.69, 9.17) is 23.2 Å². The van der Waals surface area contributed by atoms with Crippen molar-refractivity contribution in [3.63, 3.8) is 0 Å². The van der Waals surface area contributed by atoms with Gasteiger partial charge in [0.25, 0.3) is 0 Å². The van der Waals surface area contributed by atoms with Crippen LogP contribution in [0.15, 0.2) is 17.0 Å². The molecule has 3 rings (SSSR count). The van der Waals surface area contributed by atoms with Crippen LogP contribution in [0.25, 0.3) is 11.5 Å². The van der Waals surface area contributed by atoms with Crippen LogP contribution in [0, 0.1) is 0 Å². The fraction of sp³-hybridized carbons (Fsp3) is 0.300. The van der Waals surface area contributed by atoms with Crippen LogP contribution < -0.4 is 0 Å². The van der Waals surface area contributed by atoms with Gasteiger partial charge in [-0.2, -0.15) is 0 Å². The van der Waals surface area contributed by atoms with Crippen molar-refractivity contribution in [1.29, 1.82) is 0 Å². The first kappa shape index (κ1) is 11.4. The van der Waals surface area contributed by atoms with E-state index < -0.39 is 0 Å². The molecular formula is C10H7BrCl2N4. The molecule has 0 aromatic carbocycles. The van der Waals surface area contributed by atoms with E-state index in [2.05, 4.69) is 35.4 Å². The highest BCUT2D eigenvalue weighted by Gasteiger charge is 2.26. The Morgan fingerprint density at radius 1 is 1.24 bits per heavy atom. The summed E-state index contributed by atoms with van der Waals surface area (Å²) in [6.07, 6.45) is 5.86. The molecule has 0 radical (unpaired) electrons. The summed E-state index contributed by atoms with van der Waals surface area (Å²) in [6.45, 7) is 0. The zero-order valence-corrected chi connectivity index (χ0v) is 11.7. The lowest BCUT2D eigenvalue weighted by molar-refractivity contribution is 0.743. The SMILES string of the molecule is Clc1nc(-c2cncn2C2CC2)nc(Cl)c1Br. The summed E-state index contributed by atoms with van der Waals surface area (Å²) >= 11 is 15.2. The van der Waals surface area contributed by atoms with Gasteiger partial charge in [0, 0.05) is 6.04 Å². The highest BCUT2D eigenvalue weighted by atomic mass is 79.9. The molecule has 1 saturated carbocycles. The summed E-state index contributed by atoms with van der Waals surface area (Å²) in [5.41, 5.74) is 0.851. The van der Waals surface area contributed by atoms with Gasteiger partial charge in [-0.1, -0.05) is 23.2 Å². The maximum absolute atomic E-state index is 5.97. The summed E-state index contributed by atoms with van der Waals surface area (Å²) in [5, 5.41) is 0.618. The molecule has 4 nitrogen and oxygen atoms in total.